The molecule has 0 fully saturated rings. The average molecular weight is 341 g/mol. The van der Waals surface area contributed by atoms with Crippen LogP contribution in [0.1, 0.15) is 37.8 Å². The van der Waals surface area contributed by atoms with E-state index in [2.05, 4.69) is 35.1 Å². The van der Waals surface area contributed by atoms with E-state index in [1.54, 1.807) is 0 Å². The number of nitrogens with one attached hydrogen (secondary N) is 1. The zero-order valence-electron chi connectivity index (χ0n) is 12.8. The van der Waals surface area contributed by atoms with Crippen LogP contribution in [0.15, 0.2) is 16.6 Å². The molecule has 0 saturated carbocycles. The summed E-state index contributed by atoms with van der Waals surface area (Å²) >= 11 is 3.53. The van der Waals surface area contributed by atoms with Crippen LogP contribution in [0.4, 0.5) is 5.69 Å². The fraction of sp³-hybridized carbons (Fsp3) is 0.562. The molecule has 0 aliphatic carbocycles. The number of nitrogens with two attached hydrogens (primary N) is 1. The SMILES string of the molecule is Cc1cc(NC(=O)C[C@@H](CN)CC(C)C)cc(C)c1Br. The lowest BCUT2D eigenvalue weighted by molar-refractivity contribution is -0.117. The first-order valence-corrected chi connectivity index (χ1v) is 7.89. The van der Waals surface area contributed by atoms with E-state index in [0.29, 0.717) is 18.9 Å². The quantitative estimate of drug-likeness (QED) is 0.821. The van der Waals surface area contributed by atoms with Crippen LogP contribution in [-0.2, 0) is 4.79 Å². The Morgan fingerprint density at radius 2 is 1.85 bits per heavy atom. The summed E-state index contributed by atoms with van der Waals surface area (Å²) in [6.07, 6.45) is 1.48. The molecule has 1 aromatic carbocycles. The predicted octanol–water partition coefficient (Wildman–Crippen LogP) is 4.02. The smallest absolute Gasteiger partial charge is 0.224 e. The number of anilines is 1. The minimum atomic E-state index is 0.0437. The molecule has 0 spiro atoms. The molecule has 0 radical (unpaired) electrons. The maximum absolute atomic E-state index is 12.1. The van der Waals surface area contributed by atoms with Gasteiger partial charge in [0.2, 0.25) is 5.91 Å². The first-order chi connectivity index (χ1) is 9.33. The summed E-state index contributed by atoms with van der Waals surface area (Å²) in [7, 11) is 0. The van der Waals surface area contributed by atoms with Crippen LogP contribution >= 0.6 is 15.9 Å². The molecule has 1 rings (SSSR count). The Hall–Kier alpha value is -0.870. The van der Waals surface area contributed by atoms with E-state index in [-0.39, 0.29) is 11.8 Å². The van der Waals surface area contributed by atoms with Gasteiger partial charge in [-0.15, -0.1) is 0 Å². The second-order valence-electron chi connectivity index (χ2n) is 5.91. The fourth-order valence-corrected chi connectivity index (χ4v) is 2.65. The molecule has 1 atom stereocenters. The molecule has 20 heavy (non-hydrogen) atoms. The normalized spacial score (nSPS) is 12.6. The summed E-state index contributed by atoms with van der Waals surface area (Å²) < 4.78 is 1.09. The second-order valence-corrected chi connectivity index (χ2v) is 6.70. The van der Waals surface area contributed by atoms with Crippen molar-refractivity contribution in [2.45, 2.75) is 40.5 Å². The highest BCUT2D eigenvalue weighted by Gasteiger charge is 2.14. The molecule has 0 aromatic heterocycles. The number of carbonyl (C=O) groups is 1. The highest BCUT2D eigenvalue weighted by molar-refractivity contribution is 9.10. The van der Waals surface area contributed by atoms with E-state index in [0.717, 1.165) is 27.7 Å². The Kier molecular flexibility index (Phi) is 6.69. The summed E-state index contributed by atoms with van der Waals surface area (Å²) in [6.45, 7) is 8.91. The van der Waals surface area contributed by atoms with Crippen LogP contribution in [0.2, 0.25) is 0 Å². The molecule has 0 aliphatic rings. The van der Waals surface area contributed by atoms with Gasteiger partial charge in [0.25, 0.3) is 0 Å². The third-order valence-electron chi connectivity index (χ3n) is 3.33. The molecule has 112 valence electrons. The van der Waals surface area contributed by atoms with Gasteiger partial charge in [-0.1, -0.05) is 29.8 Å². The maximum Gasteiger partial charge on any atom is 0.224 e. The number of aryl methyl sites for hydroxylation is 2. The highest BCUT2D eigenvalue weighted by atomic mass is 79.9. The third kappa shape index (κ3) is 5.25. The number of benzene rings is 1. The predicted molar refractivity (Wildman–Crippen MR) is 88.9 cm³/mol. The number of halogens is 1. The minimum Gasteiger partial charge on any atom is -0.330 e. The molecule has 0 bridgehead atoms. The molecule has 0 unspecified atom stereocenters. The van der Waals surface area contributed by atoms with Crippen molar-refractivity contribution in [2.75, 3.05) is 11.9 Å². The van der Waals surface area contributed by atoms with Gasteiger partial charge in [-0.2, -0.15) is 0 Å². The summed E-state index contributed by atoms with van der Waals surface area (Å²) in [6, 6.07) is 3.96. The molecular formula is C16H25BrN2O. The summed E-state index contributed by atoms with van der Waals surface area (Å²) in [5.74, 6) is 0.864. The topological polar surface area (TPSA) is 55.1 Å². The first-order valence-electron chi connectivity index (χ1n) is 7.10. The van der Waals surface area contributed by atoms with Gasteiger partial charge in [0.1, 0.15) is 0 Å². The van der Waals surface area contributed by atoms with E-state index in [1.807, 2.05) is 26.0 Å². The average Bonchev–Trinajstić information content (AvgIpc) is 2.34. The molecule has 0 aliphatic heterocycles. The molecular weight excluding hydrogens is 316 g/mol. The van der Waals surface area contributed by atoms with Crippen LogP contribution in [0.3, 0.4) is 0 Å². The molecule has 3 nitrogen and oxygen atoms in total. The standard InChI is InChI=1S/C16H25BrN2O/c1-10(2)5-13(9-18)8-15(20)19-14-6-11(3)16(17)12(4)7-14/h6-7,10,13H,5,8-9,18H2,1-4H3,(H,19,20)/t13-/m0/s1. The Bertz CT molecular complexity index is 449. The second kappa shape index (κ2) is 7.79. The van der Waals surface area contributed by atoms with Crippen molar-refractivity contribution < 1.29 is 4.79 Å². The van der Waals surface area contributed by atoms with Gasteiger partial charge in [0.05, 0.1) is 0 Å². The highest BCUT2D eigenvalue weighted by Crippen LogP contribution is 2.25. The Morgan fingerprint density at radius 1 is 1.30 bits per heavy atom. The number of amides is 1. The van der Waals surface area contributed by atoms with Crippen molar-refractivity contribution in [3.05, 3.63) is 27.7 Å². The number of rotatable bonds is 6. The number of hydrogen-bond acceptors (Lipinski definition) is 2. The number of carbonyl (C=O) groups excluding carboxylic acids is 1. The Morgan fingerprint density at radius 3 is 2.30 bits per heavy atom. The van der Waals surface area contributed by atoms with Gasteiger partial charge in [0, 0.05) is 16.6 Å². The third-order valence-corrected chi connectivity index (χ3v) is 4.58. The summed E-state index contributed by atoms with van der Waals surface area (Å²) in [4.78, 5) is 12.1. The van der Waals surface area contributed by atoms with Crippen molar-refractivity contribution in [3.8, 4) is 0 Å². The van der Waals surface area contributed by atoms with Gasteiger partial charge in [-0.25, -0.2) is 0 Å². The lowest BCUT2D eigenvalue weighted by Crippen LogP contribution is -2.23. The van der Waals surface area contributed by atoms with Crippen LogP contribution in [0.25, 0.3) is 0 Å². The van der Waals surface area contributed by atoms with Crippen molar-refractivity contribution in [1.82, 2.24) is 0 Å². The van der Waals surface area contributed by atoms with Crippen LogP contribution < -0.4 is 11.1 Å². The fourth-order valence-electron chi connectivity index (χ4n) is 2.42. The van der Waals surface area contributed by atoms with Crippen molar-refractivity contribution in [2.24, 2.45) is 17.6 Å². The van der Waals surface area contributed by atoms with E-state index >= 15 is 0 Å². The van der Waals surface area contributed by atoms with Gasteiger partial charge >= 0.3 is 0 Å². The largest absolute Gasteiger partial charge is 0.330 e. The zero-order chi connectivity index (χ0) is 15.3. The van der Waals surface area contributed by atoms with Gasteiger partial charge in [0.15, 0.2) is 0 Å². The maximum atomic E-state index is 12.1. The van der Waals surface area contributed by atoms with Gasteiger partial charge in [-0.3, -0.25) is 4.79 Å². The lowest BCUT2D eigenvalue weighted by atomic mass is 9.94. The monoisotopic (exact) mass is 340 g/mol. The zero-order valence-corrected chi connectivity index (χ0v) is 14.4. The van der Waals surface area contributed by atoms with Crippen LogP contribution in [0.5, 0.6) is 0 Å². The van der Waals surface area contributed by atoms with Crippen LogP contribution in [-0.4, -0.2) is 12.5 Å². The van der Waals surface area contributed by atoms with E-state index < -0.39 is 0 Å². The summed E-state index contributed by atoms with van der Waals surface area (Å²) in [5, 5.41) is 2.97. The van der Waals surface area contributed by atoms with Crippen LogP contribution in [0, 0.1) is 25.7 Å². The van der Waals surface area contributed by atoms with Gasteiger partial charge < -0.3 is 11.1 Å². The molecule has 1 aromatic rings. The van der Waals surface area contributed by atoms with Crippen molar-refractivity contribution in [3.63, 3.8) is 0 Å². The van der Waals surface area contributed by atoms with Crippen molar-refractivity contribution >= 4 is 27.5 Å². The molecule has 4 heteroatoms. The molecule has 0 heterocycles. The lowest BCUT2D eigenvalue weighted by Gasteiger charge is -2.17. The first kappa shape index (κ1) is 17.2. The Balaban J connectivity index is 2.66. The minimum absolute atomic E-state index is 0.0437. The van der Waals surface area contributed by atoms with E-state index in [4.69, 9.17) is 5.73 Å². The number of hydrogen-bond donors (Lipinski definition) is 2. The van der Waals surface area contributed by atoms with Gasteiger partial charge in [-0.05, 0) is 61.9 Å². The van der Waals surface area contributed by atoms with E-state index in [1.165, 1.54) is 0 Å². The molecule has 3 N–H and O–H groups in total. The molecule has 0 saturated heterocycles. The van der Waals surface area contributed by atoms with Crippen molar-refractivity contribution in [1.29, 1.82) is 0 Å². The molecule has 1 amide bonds. The Labute approximate surface area is 130 Å². The summed E-state index contributed by atoms with van der Waals surface area (Å²) in [5.41, 5.74) is 8.85. The van der Waals surface area contributed by atoms with E-state index in [9.17, 15) is 4.79 Å².